The molecule has 0 aliphatic heterocycles. The monoisotopic (exact) mass is 206 g/mol. The molecule has 0 heterocycles. The Kier molecular flexibility index (Phi) is 5.37. The fraction of sp³-hybridized carbons (Fsp3) is 0.538. The molecular formula is C13H22N2. The molecule has 0 atom stereocenters. The Balaban J connectivity index is 2.34. The van der Waals surface area contributed by atoms with E-state index < -0.39 is 0 Å². The molecule has 0 fully saturated rings. The first-order valence-electron chi connectivity index (χ1n) is 5.72. The maximum atomic E-state index is 3.44. The van der Waals surface area contributed by atoms with E-state index in [1.807, 2.05) is 0 Å². The fourth-order valence-electron chi connectivity index (χ4n) is 1.58. The van der Waals surface area contributed by atoms with Gasteiger partial charge in [0, 0.05) is 19.6 Å². The lowest BCUT2D eigenvalue weighted by molar-refractivity contribution is 0.623. The van der Waals surface area contributed by atoms with Crippen LogP contribution in [0.25, 0.3) is 0 Å². The van der Waals surface area contributed by atoms with Crippen LogP contribution >= 0.6 is 0 Å². The van der Waals surface area contributed by atoms with Crippen LogP contribution in [0.1, 0.15) is 23.6 Å². The van der Waals surface area contributed by atoms with E-state index in [9.17, 15) is 0 Å². The lowest BCUT2D eigenvalue weighted by atomic mass is 10.0. The highest BCUT2D eigenvalue weighted by Gasteiger charge is 1.99. The summed E-state index contributed by atoms with van der Waals surface area (Å²) in [6.07, 6.45) is 0. The number of nitrogens with one attached hydrogen (secondary N) is 2. The van der Waals surface area contributed by atoms with Crippen molar-refractivity contribution in [3.05, 3.63) is 34.9 Å². The first-order chi connectivity index (χ1) is 7.25. The summed E-state index contributed by atoms with van der Waals surface area (Å²) >= 11 is 0. The molecule has 0 unspecified atom stereocenters. The number of benzene rings is 1. The molecule has 2 nitrogen and oxygen atoms in total. The quantitative estimate of drug-likeness (QED) is 0.696. The number of hydrogen-bond acceptors (Lipinski definition) is 2. The molecule has 0 bridgehead atoms. The molecule has 0 spiro atoms. The van der Waals surface area contributed by atoms with Crippen molar-refractivity contribution in [1.29, 1.82) is 0 Å². The lowest BCUT2D eigenvalue weighted by Gasteiger charge is -2.09. The summed E-state index contributed by atoms with van der Waals surface area (Å²) in [6.45, 7) is 10.6. The van der Waals surface area contributed by atoms with Gasteiger partial charge in [0.2, 0.25) is 0 Å². The number of likely N-dealkylation sites (N-methyl/N-ethyl adjacent to an activating group) is 1. The number of rotatable bonds is 6. The van der Waals surface area contributed by atoms with Crippen molar-refractivity contribution in [3.63, 3.8) is 0 Å². The second kappa shape index (κ2) is 6.59. The molecule has 1 rings (SSSR count). The summed E-state index contributed by atoms with van der Waals surface area (Å²) < 4.78 is 0. The van der Waals surface area contributed by atoms with Gasteiger partial charge in [-0.25, -0.2) is 0 Å². The summed E-state index contributed by atoms with van der Waals surface area (Å²) in [5.74, 6) is 0. The van der Waals surface area contributed by atoms with E-state index >= 15 is 0 Å². The highest BCUT2D eigenvalue weighted by Crippen LogP contribution is 2.11. The van der Waals surface area contributed by atoms with E-state index in [1.54, 1.807) is 0 Å². The van der Waals surface area contributed by atoms with E-state index in [-0.39, 0.29) is 0 Å². The molecule has 0 aromatic heterocycles. The molecule has 0 amide bonds. The Morgan fingerprint density at radius 2 is 1.80 bits per heavy atom. The fourth-order valence-corrected chi connectivity index (χ4v) is 1.58. The maximum Gasteiger partial charge on any atom is 0.0208 e. The van der Waals surface area contributed by atoms with Gasteiger partial charge in [-0.1, -0.05) is 25.1 Å². The largest absolute Gasteiger partial charge is 0.316 e. The Labute approximate surface area is 93.1 Å². The average Bonchev–Trinajstić information content (AvgIpc) is 2.24. The summed E-state index contributed by atoms with van der Waals surface area (Å²) in [4.78, 5) is 0. The second-order valence-corrected chi connectivity index (χ2v) is 3.89. The van der Waals surface area contributed by atoms with E-state index in [2.05, 4.69) is 49.6 Å². The van der Waals surface area contributed by atoms with Gasteiger partial charge in [-0.3, -0.25) is 0 Å². The smallest absolute Gasteiger partial charge is 0.0208 e. The molecular weight excluding hydrogens is 184 g/mol. The van der Waals surface area contributed by atoms with Crippen LogP contribution < -0.4 is 10.6 Å². The van der Waals surface area contributed by atoms with Gasteiger partial charge in [0.05, 0.1) is 0 Å². The van der Waals surface area contributed by atoms with Gasteiger partial charge in [0.1, 0.15) is 0 Å². The Morgan fingerprint density at radius 3 is 2.53 bits per heavy atom. The van der Waals surface area contributed by atoms with Crippen LogP contribution in [0.4, 0.5) is 0 Å². The summed E-state index contributed by atoms with van der Waals surface area (Å²) in [5.41, 5.74) is 4.20. The van der Waals surface area contributed by atoms with Crippen LogP contribution in [-0.2, 0) is 6.54 Å². The first kappa shape index (κ1) is 12.2. The van der Waals surface area contributed by atoms with Crippen LogP contribution in [0.2, 0.25) is 0 Å². The van der Waals surface area contributed by atoms with Gasteiger partial charge in [-0.2, -0.15) is 0 Å². The molecule has 0 saturated carbocycles. The predicted molar refractivity (Wildman–Crippen MR) is 66.2 cm³/mol. The Bertz CT molecular complexity index is 295. The van der Waals surface area contributed by atoms with Crippen LogP contribution in [0, 0.1) is 13.8 Å². The zero-order valence-corrected chi connectivity index (χ0v) is 10.1. The van der Waals surface area contributed by atoms with Gasteiger partial charge >= 0.3 is 0 Å². The highest BCUT2D eigenvalue weighted by atomic mass is 14.9. The maximum absolute atomic E-state index is 3.44. The van der Waals surface area contributed by atoms with Crippen LogP contribution in [0.5, 0.6) is 0 Å². The zero-order chi connectivity index (χ0) is 11.1. The van der Waals surface area contributed by atoms with Gasteiger partial charge in [0.15, 0.2) is 0 Å². The summed E-state index contributed by atoms with van der Waals surface area (Å²) in [5, 5.41) is 6.74. The van der Waals surface area contributed by atoms with Crippen molar-refractivity contribution in [3.8, 4) is 0 Å². The normalized spacial score (nSPS) is 10.6. The van der Waals surface area contributed by atoms with Gasteiger partial charge in [-0.05, 0) is 37.1 Å². The number of aryl methyl sites for hydroxylation is 1. The van der Waals surface area contributed by atoms with E-state index in [0.717, 1.165) is 26.2 Å². The molecule has 0 saturated heterocycles. The van der Waals surface area contributed by atoms with Gasteiger partial charge < -0.3 is 10.6 Å². The Hall–Kier alpha value is -0.860. The van der Waals surface area contributed by atoms with Crippen molar-refractivity contribution >= 4 is 0 Å². The molecule has 2 N–H and O–H groups in total. The van der Waals surface area contributed by atoms with Crippen LogP contribution in [-0.4, -0.2) is 19.6 Å². The van der Waals surface area contributed by atoms with Gasteiger partial charge in [0.25, 0.3) is 0 Å². The molecule has 84 valence electrons. The minimum atomic E-state index is 0.971. The predicted octanol–water partition coefficient (Wildman–Crippen LogP) is 2.00. The van der Waals surface area contributed by atoms with Crippen molar-refractivity contribution in [2.24, 2.45) is 0 Å². The molecule has 1 aromatic carbocycles. The van der Waals surface area contributed by atoms with Crippen molar-refractivity contribution in [1.82, 2.24) is 10.6 Å². The molecule has 1 aromatic rings. The van der Waals surface area contributed by atoms with Crippen LogP contribution in [0.15, 0.2) is 18.2 Å². The molecule has 0 radical (unpaired) electrons. The third kappa shape index (κ3) is 4.02. The van der Waals surface area contributed by atoms with Crippen molar-refractivity contribution in [2.75, 3.05) is 19.6 Å². The van der Waals surface area contributed by atoms with Crippen molar-refractivity contribution < 1.29 is 0 Å². The zero-order valence-electron chi connectivity index (χ0n) is 10.1. The average molecular weight is 206 g/mol. The summed E-state index contributed by atoms with van der Waals surface area (Å²) in [7, 11) is 0. The molecule has 15 heavy (non-hydrogen) atoms. The highest BCUT2D eigenvalue weighted by molar-refractivity contribution is 5.32. The van der Waals surface area contributed by atoms with E-state index in [1.165, 1.54) is 16.7 Å². The van der Waals surface area contributed by atoms with Crippen molar-refractivity contribution in [2.45, 2.75) is 27.3 Å². The third-order valence-corrected chi connectivity index (χ3v) is 2.76. The Morgan fingerprint density at radius 1 is 1.07 bits per heavy atom. The van der Waals surface area contributed by atoms with E-state index in [4.69, 9.17) is 0 Å². The third-order valence-electron chi connectivity index (χ3n) is 2.76. The SMILES string of the molecule is CCNCCNCc1cccc(C)c1C. The molecule has 2 heteroatoms. The van der Waals surface area contributed by atoms with E-state index in [0.29, 0.717) is 0 Å². The van der Waals surface area contributed by atoms with Gasteiger partial charge in [-0.15, -0.1) is 0 Å². The minimum Gasteiger partial charge on any atom is -0.316 e. The second-order valence-electron chi connectivity index (χ2n) is 3.89. The molecule has 0 aliphatic rings. The topological polar surface area (TPSA) is 24.1 Å². The minimum absolute atomic E-state index is 0.971. The standard InChI is InChI=1S/C13H22N2/c1-4-14-8-9-15-10-13-7-5-6-11(2)12(13)3/h5-7,14-15H,4,8-10H2,1-3H3. The number of hydrogen-bond donors (Lipinski definition) is 2. The first-order valence-corrected chi connectivity index (χ1v) is 5.72. The van der Waals surface area contributed by atoms with Crippen LogP contribution in [0.3, 0.4) is 0 Å². The lowest BCUT2D eigenvalue weighted by Crippen LogP contribution is -2.27. The molecule has 0 aliphatic carbocycles. The summed E-state index contributed by atoms with van der Waals surface area (Å²) in [6, 6.07) is 6.49.